The van der Waals surface area contributed by atoms with Crippen molar-refractivity contribution in [2.45, 2.75) is 6.54 Å². The first-order chi connectivity index (χ1) is 7.79. The van der Waals surface area contributed by atoms with Crippen molar-refractivity contribution < 1.29 is 0 Å². The van der Waals surface area contributed by atoms with Gasteiger partial charge in [0.05, 0.1) is 0 Å². The minimum absolute atomic E-state index is 0.835. The van der Waals surface area contributed by atoms with Crippen molar-refractivity contribution >= 4 is 23.0 Å². The summed E-state index contributed by atoms with van der Waals surface area (Å²) in [6.45, 7) is 0.865. The molecule has 5 heteroatoms. The van der Waals surface area contributed by atoms with E-state index >= 15 is 0 Å². The van der Waals surface area contributed by atoms with Gasteiger partial charge in [-0.2, -0.15) is 11.3 Å². The summed E-state index contributed by atoms with van der Waals surface area (Å²) < 4.78 is 0. The molecule has 0 aliphatic carbocycles. The van der Waals surface area contributed by atoms with Crippen LogP contribution in [0.25, 0.3) is 0 Å². The molecule has 0 aliphatic rings. The molecule has 0 saturated carbocycles. The van der Waals surface area contributed by atoms with Crippen molar-refractivity contribution in [3.8, 4) is 0 Å². The van der Waals surface area contributed by atoms with Gasteiger partial charge in [-0.15, -0.1) is 0 Å². The van der Waals surface area contributed by atoms with Crippen molar-refractivity contribution in [2.75, 3.05) is 24.3 Å². The number of aromatic nitrogens is 2. The van der Waals surface area contributed by atoms with Gasteiger partial charge in [-0.05, 0) is 22.4 Å². The van der Waals surface area contributed by atoms with Crippen LogP contribution in [-0.2, 0) is 6.54 Å². The van der Waals surface area contributed by atoms with Gasteiger partial charge in [0.25, 0.3) is 0 Å². The lowest BCUT2D eigenvalue weighted by molar-refractivity contribution is 0.895. The molecular weight excluding hydrogens is 220 g/mol. The summed E-state index contributed by atoms with van der Waals surface area (Å²) >= 11 is 1.71. The van der Waals surface area contributed by atoms with E-state index in [1.54, 1.807) is 17.7 Å². The highest BCUT2D eigenvalue weighted by atomic mass is 32.1. The summed E-state index contributed by atoms with van der Waals surface area (Å²) in [4.78, 5) is 10.4. The Hall–Kier alpha value is -1.62. The highest BCUT2D eigenvalue weighted by molar-refractivity contribution is 7.07. The Morgan fingerprint density at radius 3 is 3.00 bits per heavy atom. The molecule has 0 radical (unpaired) electrons. The lowest BCUT2D eigenvalue weighted by Gasteiger charge is -2.17. The van der Waals surface area contributed by atoms with Gasteiger partial charge in [-0.25, -0.2) is 9.97 Å². The zero-order valence-corrected chi connectivity index (χ0v) is 10.2. The maximum absolute atomic E-state index is 4.25. The molecule has 4 nitrogen and oxygen atoms in total. The third kappa shape index (κ3) is 2.49. The third-order valence-corrected chi connectivity index (χ3v) is 3.03. The fraction of sp³-hybridized carbons (Fsp3) is 0.273. The summed E-state index contributed by atoms with van der Waals surface area (Å²) in [5.74, 6) is 1.76. The predicted octanol–water partition coefficient (Wildman–Crippen LogP) is 2.22. The molecule has 2 aromatic rings. The van der Waals surface area contributed by atoms with Gasteiger partial charge in [0, 0.05) is 26.7 Å². The van der Waals surface area contributed by atoms with Gasteiger partial charge in [0.15, 0.2) is 0 Å². The molecule has 2 aromatic heterocycles. The second-order valence-electron chi connectivity index (χ2n) is 3.50. The van der Waals surface area contributed by atoms with E-state index in [1.165, 1.54) is 5.56 Å². The van der Waals surface area contributed by atoms with E-state index in [9.17, 15) is 0 Å². The zero-order chi connectivity index (χ0) is 11.4. The van der Waals surface area contributed by atoms with Crippen LogP contribution in [0.1, 0.15) is 5.56 Å². The molecule has 2 heterocycles. The Morgan fingerprint density at radius 1 is 1.44 bits per heavy atom. The van der Waals surface area contributed by atoms with Crippen LogP contribution in [0.5, 0.6) is 0 Å². The first-order valence-corrected chi connectivity index (χ1v) is 5.96. The number of anilines is 2. The molecule has 84 valence electrons. The Balaban J connectivity index is 2.11. The number of thiophene rings is 1. The summed E-state index contributed by atoms with van der Waals surface area (Å²) in [5, 5.41) is 7.24. The molecule has 1 N–H and O–H groups in total. The average molecular weight is 234 g/mol. The highest BCUT2D eigenvalue weighted by Crippen LogP contribution is 2.16. The topological polar surface area (TPSA) is 41.0 Å². The molecule has 0 fully saturated rings. The van der Waals surface area contributed by atoms with Crippen LogP contribution in [0.15, 0.2) is 29.2 Å². The van der Waals surface area contributed by atoms with E-state index < -0.39 is 0 Å². The SMILES string of the molecule is CNc1cc(N(C)Cc2ccsc2)ncn1. The van der Waals surface area contributed by atoms with Crippen LogP contribution in [0.2, 0.25) is 0 Å². The Labute approximate surface area is 99.0 Å². The van der Waals surface area contributed by atoms with Crippen molar-refractivity contribution in [2.24, 2.45) is 0 Å². The van der Waals surface area contributed by atoms with Crippen molar-refractivity contribution in [1.82, 2.24) is 9.97 Å². The van der Waals surface area contributed by atoms with Crippen molar-refractivity contribution in [1.29, 1.82) is 0 Å². The van der Waals surface area contributed by atoms with E-state index in [-0.39, 0.29) is 0 Å². The standard InChI is InChI=1S/C11H14N4S/c1-12-10-5-11(14-8-13-10)15(2)6-9-3-4-16-7-9/h3-5,7-8H,6H2,1-2H3,(H,12,13,14). The largest absolute Gasteiger partial charge is 0.373 e. The van der Waals surface area contributed by atoms with E-state index in [2.05, 4.69) is 37.0 Å². The molecule has 0 bridgehead atoms. The predicted molar refractivity (Wildman–Crippen MR) is 68.0 cm³/mol. The van der Waals surface area contributed by atoms with Crippen molar-refractivity contribution in [3.63, 3.8) is 0 Å². The number of nitrogens with zero attached hydrogens (tertiary/aromatic N) is 3. The van der Waals surface area contributed by atoms with Crippen LogP contribution in [0, 0.1) is 0 Å². The summed E-state index contributed by atoms with van der Waals surface area (Å²) in [6.07, 6.45) is 1.57. The van der Waals surface area contributed by atoms with E-state index in [0.717, 1.165) is 18.2 Å². The molecule has 16 heavy (non-hydrogen) atoms. The molecule has 0 aromatic carbocycles. The molecular formula is C11H14N4S. The van der Waals surface area contributed by atoms with Crippen molar-refractivity contribution in [3.05, 3.63) is 34.8 Å². The van der Waals surface area contributed by atoms with Gasteiger partial charge < -0.3 is 10.2 Å². The van der Waals surface area contributed by atoms with Gasteiger partial charge in [0.1, 0.15) is 18.0 Å². The van der Waals surface area contributed by atoms with Gasteiger partial charge >= 0.3 is 0 Å². The van der Waals surface area contributed by atoms with Crippen LogP contribution >= 0.6 is 11.3 Å². The quantitative estimate of drug-likeness (QED) is 0.880. The van der Waals surface area contributed by atoms with Gasteiger partial charge in [-0.3, -0.25) is 0 Å². The average Bonchev–Trinajstić information content (AvgIpc) is 2.82. The van der Waals surface area contributed by atoms with Gasteiger partial charge in [-0.1, -0.05) is 0 Å². The molecule has 0 atom stereocenters. The summed E-state index contributed by atoms with van der Waals surface area (Å²) in [7, 11) is 3.88. The number of rotatable bonds is 4. The fourth-order valence-electron chi connectivity index (χ4n) is 1.43. The second kappa shape index (κ2) is 4.94. The lowest BCUT2D eigenvalue weighted by Crippen LogP contribution is -2.17. The molecule has 0 spiro atoms. The monoisotopic (exact) mass is 234 g/mol. The van der Waals surface area contributed by atoms with E-state index in [1.807, 2.05) is 20.2 Å². The fourth-order valence-corrected chi connectivity index (χ4v) is 2.09. The Morgan fingerprint density at radius 2 is 2.31 bits per heavy atom. The Kier molecular flexibility index (Phi) is 3.36. The lowest BCUT2D eigenvalue weighted by atomic mass is 10.3. The Bertz CT molecular complexity index is 441. The van der Waals surface area contributed by atoms with Crippen LogP contribution in [-0.4, -0.2) is 24.1 Å². The summed E-state index contributed by atoms with van der Waals surface area (Å²) in [5.41, 5.74) is 1.30. The number of hydrogen-bond donors (Lipinski definition) is 1. The third-order valence-electron chi connectivity index (χ3n) is 2.30. The number of nitrogens with one attached hydrogen (secondary N) is 1. The van der Waals surface area contributed by atoms with Crippen LogP contribution in [0.4, 0.5) is 11.6 Å². The highest BCUT2D eigenvalue weighted by Gasteiger charge is 2.04. The maximum atomic E-state index is 4.25. The second-order valence-corrected chi connectivity index (χ2v) is 4.28. The van der Waals surface area contributed by atoms with Crippen LogP contribution < -0.4 is 10.2 Å². The summed E-state index contributed by atoms with van der Waals surface area (Å²) in [6, 6.07) is 4.06. The number of hydrogen-bond acceptors (Lipinski definition) is 5. The first-order valence-electron chi connectivity index (χ1n) is 5.01. The maximum Gasteiger partial charge on any atom is 0.134 e. The van der Waals surface area contributed by atoms with E-state index in [0.29, 0.717) is 0 Å². The minimum Gasteiger partial charge on any atom is -0.373 e. The zero-order valence-electron chi connectivity index (χ0n) is 9.34. The smallest absolute Gasteiger partial charge is 0.134 e. The first kappa shape index (κ1) is 10.9. The van der Waals surface area contributed by atoms with Gasteiger partial charge in [0.2, 0.25) is 0 Å². The normalized spacial score (nSPS) is 10.1. The molecule has 0 amide bonds. The molecule has 0 saturated heterocycles. The molecule has 0 unspecified atom stereocenters. The van der Waals surface area contributed by atoms with E-state index in [4.69, 9.17) is 0 Å². The minimum atomic E-state index is 0.835. The molecule has 2 rings (SSSR count). The van der Waals surface area contributed by atoms with Crippen LogP contribution in [0.3, 0.4) is 0 Å². The molecule has 0 aliphatic heterocycles.